The molecule has 0 heterocycles. The molecule has 0 aromatic heterocycles. The van der Waals surface area contributed by atoms with Crippen molar-refractivity contribution < 1.29 is 0 Å². The monoisotopic (exact) mass is 271 g/mol. The van der Waals surface area contributed by atoms with Crippen LogP contribution in [0.3, 0.4) is 0 Å². The molecule has 1 nitrogen and oxygen atoms in total. The van der Waals surface area contributed by atoms with Gasteiger partial charge in [-0.1, -0.05) is 36.2 Å². The van der Waals surface area contributed by atoms with Crippen LogP contribution in [0.25, 0.3) is 0 Å². The number of rotatable bonds is 6. The van der Waals surface area contributed by atoms with Gasteiger partial charge in [-0.15, -0.1) is 0 Å². The lowest BCUT2D eigenvalue weighted by molar-refractivity contribution is 0.497. The molecule has 0 radical (unpaired) electrons. The molecule has 1 aromatic rings. The van der Waals surface area contributed by atoms with E-state index in [0.29, 0.717) is 10.9 Å². The lowest BCUT2D eigenvalue weighted by Gasteiger charge is -2.13. The van der Waals surface area contributed by atoms with Crippen LogP contribution in [-0.4, -0.2) is 12.6 Å². The van der Waals surface area contributed by atoms with Crippen molar-refractivity contribution in [2.24, 2.45) is 5.92 Å². The minimum Gasteiger partial charge on any atom is -0.314 e. The van der Waals surface area contributed by atoms with Crippen molar-refractivity contribution in [2.45, 2.75) is 38.6 Å². The Morgan fingerprint density at radius 2 is 2.12 bits per heavy atom. The van der Waals surface area contributed by atoms with E-state index >= 15 is 0 Å². The molecule has 0 saturated heterocycles. The minimum atomic E-state index is 0.653. The zero-order valence-corrected chi connectivity index (χ0v) is 11.7. The summed E-state index contributed by atoms with van der Waals surface area (Å²) >= 11 is 12.1. The Labute approximate surface area is 114 Å². The molecule has 1 saturated carbocycles. The summed E-state index contributed by atoms with van der Waals surface area (Å²) in [6.07, 6.45) is 4.95. The van der Waals surface area contributed by atoms with E-state index in [1.807, 2.05) is 18.2 Å². The van der Waals surface area contributed by atoms with Gasteiger partial charge in [0, 0.05) is 16.1 Å². The quantitative estimate of drug-likeness (QED) is 0.813. The molecule has 3 heteroatoms. The number of hydrogen-bond acceptors (Lipinski definition) is 1. The largest absolute Gasteiger partial charge is 0.314 e. The maximum Gasteiger partial charge on any atom is 0.0452 e. The summed E-state index contributed by atoms with van der Waals surface area (Å²) in [5.74, 6) is 0.653. The summed E-state index contributed by atoms with van der Waals surface area (Å²) in [6.45, 7) is 3.40. The third kappa shape index (κ3) is 4.50. The Kier molecular flexibility index (Phi) is 4.72. The van der Waals surface area contributed by atoms with Crippen molar-refractivity contribution in [1.29, 1.82) is 0 Å². The maximum atomic E-state index is 6.17. The van der Waals surface area contributed by atoms with Gasteiger partial charge in [0.1, 0.15) is 0 Å². The normalized spacial score (nSPS) is 17.1. The van der Waals surface area contributed by atoms with Crippen molar-refractivity contribution in [2.75, 3.05) is 6.54 Å². The lowest BCUT2D eigenvalue weighted by atomic mass is 9.98. The fourth-order valence-corrected chi connectivity index (χ4v) is 2.47. The second-order valence-corrected chi connectivity index (χ2v) is 5.91. The highest BCUT2D eigenvalue weighted by Crippen LogP contribution is 2.24. The zero-order valence-electron chi connectivity index (χ0n) is 10.2. The van der Waals surface area contributed by atoms with Crippen molar-refractivity contribution in [3.8, 4) is 0 Å². The van der Waals surface area contributed by atoms with Crippen LogP contribution in [0.15, 0.2) is 18.2 Å². The van der Waals surface area contributed by atoms with E-state index in [1.165, 1.54) is 24.8 Å². The Morgan fingerprint density at radius 3 is 2.76 bits per heavy atom. The summed E-state index contributed by atoms with van der Waals surface area (Å²) in [7, 11) is 0. The molecular weight excluding hydrogens is 253 g/mol. The van der Waals surface area contributed by atoms with Crippen molar-refractivity contribution >= 4 is 23.2 Å². The van der Waals surface area contributed by atoms with Crippen LogP contribution < -0.4 is 5.32 Å². The van der Waals surface area contributed by atoms with E-state index in [2.05, 4.69) is 12.2 Å². The smallest absolute Gasteiger partial charge is 0.0452 e. The Morgan fingerprint density at radius 1 is 1.35 bits per heavy atom. The Hall–Kier alpha value is -0.240. The van der Waals surface area contributed by atoms with Gasteiger partial charge in [-0.25, -0.2) is 0 Å². The van der Waals surface area contributed by atoms with Crippen molar-refractivity contribution in [3.63, 3.8) is 0 Å². The molecule has 1 unspecified atom stereocenters. The molecule has 2 rings (SSSR count). The van der Waals surface area contributed by atoms with Gasteiger partial charge in [0.25, 0.3) is 0 Å². The highest BCUT2D eigenvalue weighted by Gasteiger charge is 2.20. The molecule has 1 fully saturated rings. The highest BCUT2D eigenvalue weighted by molar-refractivity contribution is 6.35. The van der Waals surface area contributed by atoms with Gasteiger partial charge < -0.3 is 5.32 Å². The van der Waals surface area contributed by atoms with Gasteiger partial charge in [-0.2, -0.15) is 0 Å². The fourth-order valence-electron chi connectivity index (χ4n) is 1.99. The van der Waals surface area contributed by atoms with Crippen LogP contribution in [0.5, 0.6) is 0 Å². The van der Waals surface area contributed by atoms with Crippen LogP contribution in [0.1, 0.15) is 31.7 Å². The van der Waals surface area contributed by atoms with Crippen molar-refractivity contribution in [3.05, 3.63) is 33.8 Å². The van der Waals surface area contributed by atoms with E-state index in [9.17, 15) is 0 Å². The molecule has 1 N–H and O–H groups in total. The third-order valence-corrected chi connectivity index (χ3v) is 3.82. The van der Waals surface area contributed by atoms with E-state index in [1.54, 1.807) is 0 Å². The molecule has 0 spiro atoms. The molecule has 0 aliphatic heterocycles. The maximum absolute atomic E-state index is 6.17. The summed E-state index contributed by atoms with van der Waals surface area (Å²) < 4.78 is 0. The first-order valence-corrected chi connectivity index (χ1v) is 7.08. The average molecular weight is 272 g/mol. The van der Waals surface area contributed by atoms with Gasteiger partial charge in [0.15, 0.2) is 0 Å². The molecule has 17 heavy (non-hydrogen) atoms. The molecule has 1 aliphatic carbocycles. The zero-order chi connectivity index (χ0) is 12.3. The Bertz CT molecular complexity index is 374. The SMILES string of the molecule is CC(CCNC1CC1)Cc1ccc(Cl)cc1Cl. The minimum absolute atomic E-state index is 0.653. The number of halogens is 2. The van der Waals surface area contributed by atoms with Crippen LogP contribution >= 0.6 is 23.2 Å². The van der Waals surface area contributed by atoms with E-state index < -0.39 is 0 Å². The van der Waals surface area contributed by atoms with Crippen LogP contribution in [0, 0.1) is 5.92 Å². The number of hydrogen-bond donors (Lipinski definition) is 1. The van der Waals surface area contributed by atoms with Gasteiger partial charge in [-0.3, -0.25) is 0 Å². The van der Waals surface area contributed by atoms with Crippen LogP contribution in [-0.2, 0) is 6.42 Å². The van der Waals surface area contributed by atoms with Gasteiger partial charge in [0.05, 0.1) is 0 Å². The first-order valence-electron chi connectivity index (χ1n) is 6.32. The molecule has 0 amide bonds. The van der Waals surface area contributed by atoms with E-state index in [0.717, 1.165) is 24.0 Å². The summed E-state index contributed by atoms with van der Waals surface area (Å²) in [4.78, 5) is 0. The second-order valence-electron chi connectivity index (χ2n) is 5.06. The van der Waals surface area contributed by atoms with Gasteiger partial charge in [-0.05, 0) is 55.8 Å². The first-order chi connectivity index (χ1) is 8.15. The highest BCUT2D eigenvalue weighted by atomic mass is 35.5. The number of benzene rings is 1. The van der Waals surface area contributed by atoms with E-state index in [-0.39, 0.29) is 0 Å². The molecule has 1 aliphatic rings. The lowest BCUT2D eigenvalue weighted by Crippen LogP contribution is -2.20. The van der Waals surface area contributed by atoms with E-state index in [4.69, 9.17) is 23.2 Å². The summed E-state index contributed by atoms with van der Waals surface area (Å²) in [6, 6.07) is 6.59. The molecule has 1 atom stereocenters. The molecule has 0 bridgehead atoms. The fraction of sp³-hybridized carbons (Fsp3) is 0.571. The van der Waals surface area contributed by atoms with Crippen LogP contribution in [0.2, 0.25) is 10.0 Å². The summed E-state index contributed by atoms with van der Waals surface area (Å²) in [5, 5.41) is 5.04. The van der Waals surface area contributed by atoms with Gasteiger partial charge in [0.2, 0.25) is 0 Å². The predicted molar refractivity (Wildman–Crippen MR) is 75.0 cm³/mol. The summed E-state index contributed by atoms with van der Waals surface area (Å²) in [5.41, 5.74) is 1.20. The predicted octanol–water partition coefficient (Wildman–Crippen LogP) is 4.31. The number of nitrogens with one attached hydrogen (secondary N) is 1. The average Bonchev–Trinajstić information content (AvgIpc) is 3.06. The second kappa shape index (κ2) is 6.08. The van der Waals surface area contributed by atoms with Crippen molar-refractivity contribution in [1.82, 2.24) is 5.32 Å². The standard InChI is InChI=1S/C14H19Cl2N/c1-10(6-7-17-13-4-5-13)8-11-2-3-12(15)9-14(11)16/h2-3,9-10,13,17H,4-8H2,1H3. The molecule has 1 aromatic carbocycles. The Balaban J connectivity index is 1.77. The van der Waals surface area contributed by atoms with Crippen LogP contribution in [0.4, 0.5) is 0 Å². The van der Waals surface area contributed by atoms with Gasteiger partial charge >= 0.3 is 0 Å². The molecule has 94 valence electrons. The molecular formula is C14H19Cl2N. The topological polar surface area (TPSA) is 12.0 Å². The third-order valence-electron chi connectivity index (χ3n) is 3.23. The first kappa shape index (κ1) is 13.2.